The Hall–Kier alpha value is -3.08. The Morgan fingerprint density at radius 2 is 1.68 bits per heavy atom. The van der Waals surface area contributed by atoms with Crippen molar-refractivity contribution in [2.75, 3.05) is 63.4 Å². The highest BCUT2D eigenvalue weighted by Crippen LogP contribution is 2.38. The number of halogens is 4. The smallest absolute Gasteiger partial charge is 0.397 e. The van der Waals surface area contributed by atoms with E-state index in [-0.39, 0.29) is 34.4 Å². The molecular weight excluding hydrogens is 701 g/mol. The van der Waals surface area contributed by atoms with Crippen molar-refractivity contribution in [3.63, 3.8) is 0 Å². The maximum Gasteiger partial charge on any atom is 0.418 e. The van der Waals surface area contributed by atoms with Crippen LogP contribution in [0, 0.1) is 0 Å². The Morgan fingerprint density at radius 3 is 2.36 bits per heavy atom. The molecule has 4 aliphatic heterocycles. The highest BCUT2D eigenvalue weighted by atomic mass is 79.9. The quantitative estimate of drug-likeness (QED) is 0.330. The topological polar surface area (TPSA) is 126 Å². The average Bonchev–Trinajstić information content (AvgIpc) is 3.52. The lowest BCUT2D eigenvalue weighted by molar-refractivity contribution is -0.137. The molecule has 0 saturated carbocycles. The van der Waals surface area contributed by atoms with Gasteiger partial charge in [0.2, 0.25) is 5.91 Å². The Morgan fingerprint density at radius 1 is 1.02 bits per heavy atom. The van der Waals surface area contributed by atoms with Crippen LogP contribution in [0.2, 0.25) is 0 Å². The molecule has 1 atom stereocenters. The van der Waals surface area contributed by atoms with Crippen molar-refractivity contribution in [1.29, 1.82) is 0 Å². The second-order valence-corrected chi connectivity index (χ2v) is 14.4. The third kappa shape index (κ3) is 7.65. The van der Waals surface area contributed by atoms with E-state index in [0.717, 1.165) is 55.7 Å². The van der Waals surface area contributed by atoms with Crippen LogP contribution < -0.4 is 21.7 Å². The van der Waals surface area contributed by atoms with Gasteiger partial charge in [0.15, 0.2) is 0 Å². The number of hydrogen-bond donors (Lipinski definition) is 4. The molecule has 0 aliphatic carbocycles. The molecule has 0 spiro atoms. The fraction of sp³-hybridized carbons (Fsp3) is 0.581. The summed E-state index contributed by atoms with van der Waals surface area (Å²) in [5.41, 5.74) is 5.61. The van der Waals surface area contributed by atoms with Gasteiger partial charge < -0.3 is 31.1 Å². The van der Waals surface area contributed by atoms with Crippen LogP contribution in [0.15, 0.2) is 28.1 Å². The van der Waals surface area contributed by atoms with E-state index in [9.17, 15) is 27.6 Å². The number of piperazine rings is 1. The largest absolute Gasteiger partial charge is 0.418 e. The van der Waals surface area contributed by atoms with Crippen molar-refractivity contribution in [1.82, 2.24) is 30.2 Å². The molecule has 256 valence electrons. The van der Waals surface area contributed by atoms with E-state index in [1.807, 2.05) is 11.4 Å². The number of nitrogens with two attached hydrogens (primary N) is 1. The van der Waals surface area contributed by atoms with Crippen LogP contribution in [0.5, 0.6) is 0 Å². The zero-order valence-corrected chi connectivity index (χ0v) is 28.4. The average molecular weight is 742 g/mol. The number of anilines is 2. The lowest BCUT2D eigenvalue weighted by Crippen LogP contribution is -2.58. The van der Waals surface area contributed by atoms with Crippen molar-refractivity contribution >= 4 is 55.9 Å². The Balaban J connectivity index is 1.13. The normalized spacial score (nSPS) is 20.9. The number of fused-ring (bicyclic) bond motifs is 1. The molecule has 16 heteroatoms. The van der Waals surface area contributed by atoms with Gasteiger partial charge in [0.05, 0.1) is 17.8 Å². The lowest BCUT2D eigenvalue weighted by atomic mass is 9.98. The number of alkyl halides is 3. The minimum Gasteiger partial charge on any atom is -0.397 e. The van der Waals surface area contributed by atoms with E-state index < -0.39 is 29.5 Å². The first kappa shape index (κ1) is 33.8. The number of amides is 5. The summed E-state index contributed by atoms with van der Waals surface area (Å²) in [5.74, 6) is -0.315. The Kier molecular flexibility index (Phi) is 10.2. The molecule has 5 N–H and O–H groups in total. The number of nitrogens with zero attached hydrogens (tertiary/aromatic N) is 4. The Labute approximate surface area is 284 Å². The summed E-state index contributed by atoms with van der Waals surface area (Å²) in [6, 6.07) is 3.07. The van der Waals surface area contributed by atoms with Gasteiger partial charge in [-0.15, -0.1) is 11.3 Å². The fourth-order valence-corrected chi connectivity index (χ4v) is 8.40. The molecule has 5 amide bonds. The highest BCUT2D eigenvalue weighted by molar-refractivity contribution is 9.10. The predicted molar refractivity (Wildman–Crippen MR) is 177 cm³/mol. The number of piperidine rings is 2. The first-order chi connectivity index (χ1) is 22.5. The van der Waals surface area contributed by atoms with Gasteiger partial charge in [-0.05, 0) is 70.8 Å². The van der Waals surface area contributed by atoms with E-state index in [1.54, 1.807) is 14.7 Å². The Bertz CT molecular complexity index is 1470. The zero-order chi connectivity index (χ0) is 33.3. The molecule has 0 unspecified atom stereocenters. The molecule has 11 nitrogen and oxygen atoms in total. The molecule has 1 aromatic heterocycles. The molecule has 3 fully saturated rings. The predicted octanol–water partition coefficient (Wildman–Crippen LogP) is 4.14. The summed E-state index contributed by atoms with van der Waals surface area (Å²) in [7, 11) is 0. The van der Waals surface area contributed by atoms with Gasteiger partial charge in [-0.1, -0.05) is 0 Å². The number of likely N-dealkylation sites (tertiary alicyclic amines) is 2. The summed E-state index contributed by atoms with van der Waals surface area (Å²) in [5, 5.41) is 12.0. The van der Waals surface area contributed by atoms with Gasteiger partial charge >= 0.3 is 18.2 Å². The fourth-order valence-electron chi connectivity index (χ4n) is 7.09. The van der Waals surface area contributed by atoms with E-state index >= 15 is 0 Å². The number of rotatable bonds is 6. The first-order valence-corrected chi connectivity index (χ1v) is 17.7. The number of carbonyl (C=O) groups excluding carboxylic acids is 3. The molecule has 0 radical (unpaired) electrons. The summed E-state index contributed by atoms with van der Waals surface area (Å²) >= 11 is 4.63. The van der Waals surface area contributed by atoms with E-state index in [0.29, 0.717) is 51.6 Å². The second kappa shape index (κ2) is 14.2. The van der Waals surface area contributed by atoms with Crippen molar-refractivity contribution in [2.45, 2.75) is 63.0 Å². The van der Waals surface area contributed by atoms with Crippen LogP contribution in [0.4, 0.5) is 33.4 Å². The van der Waals surface area contributed by atoms with E-state index in [1.165, 1.54) is 17.4 Å². The van der Waals surface area contributed by atoms with Crippen molar-refractivity contribution in [3.05, 3.63) is 44.7 Å². The summed E-state index contributed by atoms with van der Waals surface area (Å²) in [6.45, 7) is 6.06. The van der Waals surface area contributed by atoms with Crippen LogP contribution in [0.25, 0.3) is 0 Å². The molecule has 6 rings (SSSR count). The van der Waals surface area contributed by atoms with Crippen LogP contribution in [-0.2, 0) is 23.9 Å². The third-order valence-electron chi connectivity index (χ3n) is 9.74. The van der Waals surface area contributed by atoms with Gasteiger partial charge in [-0.25, -0.2) is 9.59 Å². The van der Waals surface area contributed by atoms with Gasteiger partial charge in [0, 0.05) is 80.9 Å². The van der Waals surface area contributed by atoms with Gasteiger partial charge in [-0.2, -0.15) is 13.2 Å². The number of nitrogens with one attached hydrogen (secondary N) is 3. The van der Waals surface area contributed by atoms with Gasteiger partial charge in [0.25, 0.3) is 0 Å². The standard InChI is InChI=1S/C31H40BrF3N8O3S/c32-24-16-19(15-23(26(24)36)31(33,34)35)17-25(28(44)41-8-1-21(2-9-41)40-12-6-37-7-13-40)38-29(45)42-10-3-22(4-11-42)43-18-20-5-14-47-27(20)39-30(43)46/h5,14-16,21-22,25,37H,1-4,6-13,17-18,36H2,(H,38,45)(H,39,46)/t25-/m1/s1. The second-order valence-electron chi connectivity index (χ2n) is 12.6. The molecule has 0 bridgehead atoms. The minimum absolute atomic E-state index is 0.0468. The first-order valence-electron chi connectivity index (χ1n) is 16.1. The third-order valence-corrected chi connectivity index (χ3v) is 11.3. The van der Waals surface area contributed by atoms with E-state index in [4.69, 9.17) is 5.73 Å². The van der Waals surface area contributed by atoms with Crippen LogP contribution in [0.1, 0.15) is 42.4 Å². The van der Waals surface area contributed by atoms with Crippen LogP contribution in [0.3, 0.4) is 0 Å². The summed E-state index contributed by atoms with van der Waals surface area (Å²) in [6.07, 6.45) is -2.09. The maximum atomic E-state index is 14.0. The number of carbonyl (C=O) groups is 3. The van der Waals surface area contributed by atoms with Crippen LogP contribution in [-0.4, -0.2) is 108 Å². The summed E-state index contributed by atoms with van der Waals surface area (Å²) < 4.78 is 41.5. The summed E-state index contributed by atoms with van der Waals surface area (Å²) in [4.78, 5) is 47.9. The molecule has 3 saturated heterocycles. The van der Waals surface area contributed by atoms with Crippen molar-refractivity contribution < 1.29 is 27.6 Å². The van der Waals surface area contributed by atoms with E-state index in [2.05, 4.69) is 36.8 Å². The maximum absolute atomic E-state index is 14.0. The van der Waals surface area contributed by atoms with Crippen molar-refractivity contribution in [3.8, 4) is 0 Å². The molecular formula is C31H40BrF3N8O3S. The molecule has 4 aliphatic rings. The SMILES string of the molecule is Nc1c(Br)cc(C[C@@H](NC(=O)N2CCC(N3Cc4ccsc4NC3=O)CC2)C(=O)N2CCC(N3CCNCC3)CC2)cc1C(F)(F)F. The number of thiophene rings is 1. The monoisotopic (exact) mass is 740 g/mol. The van der Waals surface area contributed by atoms with Gasteiger partial charge in [0.1, 0.15) is 11.0 Å². The number of nitrogen functional groups attached to an aromatic ring is 1. The minimum atomic E-state index is -4.68. The number of urea groups is 2. The highest BCUT2D eigenvalue weighted by Gasteiger charge is 2.38. The number of benzene rings is 1. The lowest BCUT2D eigenvalue weighted by Gasteiger charge is -2.41. The zero-order valence-electron chi connectivity index (χ0n) is 26.0. The van der Waals surface area contributed by atoms with Gasteiger partial charge in [-0.3, -0.25) is 15.0 Å². The van der Waals surface area contributed by atoms with Crippen molar-refractivity contribution in [2.24, 2.45) is 0 Å². The molecule has 47 heavy (non-hydrogen) atoms. The molecule has 2 aromatic rings. The molecule has 5 heterocycles. The van der Waals surface area contributed by atoms with Crippen LogP contribution >= 0.6 is 27.3 Å². The number of hydrogen-bond acceptors (Lipinski definition) is 7. The molecule has 1 aromatic carbocycles.